The SMILES string of the molecule is CNC(c1cc(Cl)ccc1OC)C(C)OC. The van der Waals surface area contributed by atoms with Gasteiger partial charge in [0.25, 0.3) is 0 Å². The second kappa shape index (κ2) is 6.09. The minimum atomic E-state index is 0.0392. The van der Waals surface area contributed by atoms with Gasteiger partial charge in [0.15, 0.2) is 0 Å². The summed E-state index contributed by atoms with van der Waals surface area (Å²) >= 11 is 6.00. The highest BCUT2D eigenvalue weighted by Gasteiger charge is 2.21. The Labute approximate surface area is 102 Å². The van der Waals surface area contributed by atoms with Gasteiger partial charge in [-0.2, -0.15) is 0 Å². The van der Waals surface area contributed by atoms with E-state index in [1.165, 1.54) is 0 Å². The molecule has 0 radical (unpaired) electrons. The van der Waals surface area contributed by atoms with Crippen molar-refractivity contribution in [2.45, 2.75) is 19.1 Å². The normalized spacial score (nSPS) is 14.6. The van der Waals surface area contributed by atoms with Crippen LogP contribution in [0.25, 0.3) is 0 Å². The van der Waals surface area contributed by atoms with Crippen LogP contribution >= 0.6 is 11.6 Å². The Bertz CT molecular complexity index is 344. The van der Waals surface area contributed by atoms with E-state index in [-0.39, 0.29) is 12.1 Å². The predicted octanol–water partition coefficient (Wildman–Crippen LogP) is 2.64. The number of hydrogen-bond donors (Lipinski definition) is 1. The van der Waals surface area contributed by atoms with E-state index in [1.54, 1.807) is 14.2 Å². The quantitative estimate of drug-likeness (QED) is 0.863. The van der Waals surface area contributed by atoms with Crippen LogP contribution in [-0.4, -0.2) is 27.4 Å². The summed E-state index contributed by atoms with van der Waals surface area (Å²) in [5, 5.41) is 3.90. The van der Waals surface area contributed by atoms with Crippen molar-refractivity contribution in [1.82, 2.24) is 5.32 Å². The number of rotatable bonds is 5. The molecule has 4 heteroatoms. The Hall–Kier alpha value is -0.770. The van der Waals surface area contributed by atoms with Crippen molar-refractivity contribution in [1.29, 1.82) is 0 Å². The van der Waals surface area contributed by atoms with E-state index in [4.69, 9.17) is 21.1 Å². The van der Waals surface area contributed by atoms with Crippen molar-refractivity contribution in [3.8, 4) is 5.75 Å². The highest BCUT2D eigenvalue weighted by atomic mass is 35.5. The van der Waals surface area contributed by atoms with Gasteiger partial charge in [-0.15, -0.1) is 0 Å². The number of halogens is 1. The van der Waals surface area contributed by atoms with Gasteiger partial charge in [0.2, 0.25) is 0 Å². The first-order valence-corrected chi connectivity index (χ1v) is 5.55. The number of benzene rings is 1. The topological polar surface area (TPSA) is 30.5 Å². The molecule has 1 aromatic rings. The molecule has 1 rings (SSSR count). The van der Waals surface area contributed by atoms with Gasteiger partial charge < -0.3 is 14.8 Å². The molecule has 3 nitrogen and oxygen atoms in total. The minimum Gasteiger partial charge on any atom is -0.496 e. The maximum Gasteiger partial charge on any atom is 0.123 e. The molecule has 0 aromatic heterocycles. The zero-order valence-electron chi connectivity index (χ0n) is 10.1. The molecule has 2 atom stereocenters. The van der Waals surface area contributed by atoms with Gasteiger partial charge >= 0.3 is 0 Å². The Morgan fingerprint density at radius 3 is 2.50 bits per heavy atom. The molecule has 0 aliphatic rings. The Balaban J connectivity index is 3.11. The third-order valence-electron chi connectivity index (χ3n) is 2.68. The van der Waals surface area contributed by atoms with Crippen LogP contribution in [0.3, 0.4) is 0 Å². The summed E-state index contributed by atoms with van der Waals surface area (Å²) in [5.41, 5.74) is 1.01. The van der Waals surface area contributed by atoms with E-state index in [0.717, 1.165) is 11.3 Å². The molecule has 0 amide bonds. The second-order valence-electron chi connectivity index (χ2n) is 3.59. The van der Waals surface area contributed by atoms with Crippen molar-refractivity contribution in [3.63, 3.8) is 0 Å². The zero-order chi connectivity index (χ0) is 12.1. The molecular weight excluding hydrogens is 226 g/mol. The standard InChI is InChI=1S/C12H18ClNO2/c1-8(15-3)12(14-2)10-7-9(13)5-6-11(10)16-4/h5-8,12,14H,1-4H3. The summed E-state index contributed by atoms with van der Waals surface area (Å²) in [6.07, 6.45) is 0.0392. The fourth-order valence-corrected chi connectivity index (χ4v) is 1.91. The highest BCUT2D eigenvalue weighted by molar-refractivity contribution is 6.30. The first kappa shape index (κ1) is 13.3. The molecule has 1 aromatic carbocycles. The fraction of sp³-hybridized carbons (Fsp3) is 0.500. The lowest BCUT2D eigenvalue weighted by Crippen LogP contribution is -2.29. The molecule has 0 aliphatic carbocycles. The van der Waals surface area contributed by atoms with Gasteiger partial charge in [-0.25, -0.2) is 0 Å². The van der Waals surface area contributed by atoms with Gasteiger partial charge in [-0.3, -0.25) is 0 Å². The molecule has 0 saturated carbocycles. The molecule has 0 heterocycles. The van der Waals surface area contributed by atoms with Crippen LogP contribution in [0, 0.1) is 0 Å². The number of likely N-dealkylation sites (N-methyl/N-ethyl adjacent to an activating group) is 1. The van der Waals surface area contributed by atoms with Crippen LogP contribution in [0.2, 0.25) is 5.02 Å². The average molecular weight is 244 g/mol. The number of nitrogens with one attached hydrogen (secondary N) is 1. The summed E-state index contributed by atoms with van der Waals surface area (Å²) in [6, 6.07) is 5.63. The first-order chi connectivity index (χ1) is 7.63. The summed E-state index contributed by atoms with van der Waals surface area (Å²) < 4.78 is 10.7. The summed E-state index contributed by atoms with van der Waals surface area (Å²) in [7, 11) is 5.23. The molecule has 1 N–H and O–H groups in total. The molecular formula is C12H18ClNO2. The highest BCUT2D eigenvalue weighted by Crippen LogP contribution is 2.30. The maximum absolute atomic E-state index is 6.00. The fourth-order valence-electron chi connectivity index (χ4n) is 1.73. The van der Waals surface area contributed by atoms with Crippen molar-refractivity contribution in [2.75, 3.05) is 21.3 Å². The molecule has 0 bridgehead atoms. The van der Waals surface area contributed by atoms with Crippen LogP contribution in [-0.2, 0) is 4.74 Å². The molecule has 90 valence electrons. The summed E-state index contributed by atoms with van der Waals surface area (Å²) in [5.74, 6) is 0.813. The molecule has 2 unspecified atom stereocenters. The minimum absolute atomic E-state index is 0.0392. The van der Waals surface area contributed by atoms with Crippen LogP contribution in [0.1, 0.15) is 18.5 Å². The Morgan fingerprint density at radius 2 is 2.00 bits per heavy atom. The Morgan fingerprint density at radius 1 is 1.31 bits per heavy atom. The lowest BCUT2D eigenvalue weighted by atomic mass is 10.0. The predicted molar refractivity (Wildman–Crippen MR) is 66.3 cm³/mol. The van der Waals surface area contributed by atoms with Crippen molar-refractivity contribution in [3.05, 3.63) is 28.8 Å². The molecule has 16 heavy (non-hydrogen) atoms. The number of ether oxygens (including phenoxy) is 2. The maximum atomic E-state index is 6.00. The van der Waals surface area contributed by atoms with Crippen LogP contribution in [0.15, 0.2) is 18.2 Å². The number of hydrogen-bond acceptors (Lipinski definition) is 3. The van der Waals surface area contributed by atoms with Gasteiger partial charge in [0.05, 0.1) is 19.3 Å². The van der Waals surface area contributed by atoms with Crippen molar-refractivity contribution in [2.24, 2.45) is 0 Å². The van der Waals surface area contributed by atoms with E-state index in [2.05, 4.69) is 5.32 Å². The van der Waals surface area contributed by atoms with E-state index in [0.29, 0.717) is 5.02 Å². The van der Waals surface area contributed by atoms with Gasteiger partial charge in [-0.1, -0.05) is 11.6 Å². The molecule has 0 saturated heterocycles. The molecule has 0 spiro atoms. The molecule has 0 fully saturated rings. The smallest absolute Gasteiger partial charge is 0.123 e. The van der Waals surface area contributed by atoms with E-state index >= 15 is 0 Å². The lowest BCUT2D eigenvalue weighted by Gasteiger charge is -2.24. The third kappa shape index (κ3) is 2.88. The summed E-state index contributed by atoms with van der Waals surface area (Å²) in [6.45, 7) is 2.00. The van der Waals surface area contributed by atoms with E-state index < -0.39 is 0 Å². The van der Waals surface area contributed by atoms with Gasteiger partial charge in [0, 0.05) is 17.7 Å². The van der Waals surface area contributed by atoms with Gasteiger partial charge in [0.1, 0.15) is 5.75 Å². The van der Waals surface area contributed by atoms with E-state index in [1.807, 2.05) is 32.2 Å². The third-order valence-corrected chi connectivity index (χ3v) is 2.91. The lowest BCUT2D eigenvalue weighted by molar-refractivity contribution is 0.0848. The monoisotopic (exact) mass is 243 g/mol. The van der Waals surface area contributed by atoms with Crippen LogP contribution in [0.4, 0.5) is 0 Å². The van der Waals surface area contributed by atoms with Crippen molar-refractivity contribution >= 4 is 11.6 Å². The Kier molecular flexibility index (Phi) is 5.06. The van der Waals surface area contributed by atoms with Crippen LogP contribution < -0.4 is 10.1 Å². The zero-order valence-corrected chi connectivity index (χ0v) is 10.8. The van der Waals surface area contributed by atoms with Gasteiger partial charge in [-0.05, 0) is 32.2 Å². The summed E-state index contributed by atoms with van der Waals surface area (Å²) in [4.78, 5) is 0. The first-order valence-electron chi connectivity index (χ1n) is 5.17. The number of methoxy groups -OCH3 is 2. The largest absolute Gasteiger partial charge is 0.496 e. The van der Waals surface area contributed by atoms with E-state index in [9.17, 15) is 0 Å². The average Bonchev–Trinajstić information content (AvgIpc) is 2.30. The van der Waals surface area contributed by atoms with Crippen LogP contribution in [0.5, 0.6) is 5.75 Å². The second-order valence-corrected chi connectivity index (χ2v) is 4.03. The molecule has 0 aliphatic heterocycles. The van der Waals surface area contributed by atoms with Crippen molar-refractivity contribution < 1.29 is 9.47 Å².